The molecule has 0 bridgehead atoms. The lowest BCUT2D eigenvalue weighted by atomic mass is 10.0. The monoisotopic (exact) mass is 506 g/mol. The molecule has 37 heavy (non-hydrogen) atoms. The number of hydrogen-bond donors (Lipinski definition) is 1. The number of carbonyl (C=O) groups is 1. The summed E-state index contributed by atoms with van der Waals surface area (Å²) in [7, 11) is 5.13. The quantitative estimate of drug-likeness (QED) is 0.430. The van der Waals surface area contributed by atoms with Gasteiger partial charge in [0.1, 0.15) is 23.1 Å². The molecule has 1 aliphatic heterocycles. The van der Waals surface area contributed by atoms with Gasteiger partial charge in [-0.25, -0.2) is 9.37 Å². The largest absolute Gasteiger partial charge is 0.494 e. The lowest BCUT2D eigenvalue weighted by Crippen LogP contribution is -2.50. The third-order valence-electron chi connectivity index (χ3n) is 7.41. The normalized spacial score (nSPS) is 20.1. The summed E-state index contributed by atoms with van der Waals surface area (Å²) in [5.41, 5.74) is 9.60. The van der Waals surface area contributed by atoms with Crippen LogP contribution in [0.15, 0.2) is 30.3 Å². The van der Waals surface area contributed by atoms with E-state index in [2.05, 4.69) is 10.6 Å². The van der Waals surface area contributed by atoms with Crippen LogP contribution in [-0.2, 0) is 13.6 Å². The van der Waals surface area contributed by atoms with Gasteiger partial charge in [-0.2, -0.15) is 4.98 Å². The number of nitrogens with zero attached hydrogens (tertiary/aromatic N) is 5. The molecule has 4 heterocycles. The Morgan fingerprint density at radius 3 is 2.65 bits per heavy atom. The number of aryl methyl sites for hydroxylation is 1. The van der Waals surface area contributed by atoms with Crippen molar-refractivity contribution in [2.24, 2.45) is 18.7 Å². The van der Waals surface area contributed by atoms with E-state index in [1.54, 1.807) is 26.4 Å². The number of hydrogen-bond acceptors (Lipinski definition) is 6. The number of piperidine rings is 1. The zero-order chi connectivity index (χ0) is 25.8. The number of carbonyl (C=O) groups excluding carboxylic acids is 1. The third kappa shape index (κ3) is 4.19. The van der Waals surface area contributed by atoms with Crippen molar-refractivity contribution in [3.63, 3.8) is 0 Å². The number of rotatable bonds is 6. The van der Waals surface area contributed by atoms with Gasteiger partial charge in [-0.05, 0) is 49.4 Å². The highest BCUT2D eigenvalue weighted by molar-refractivity contribution is 6.00. The second-order valence-electron chi connectivity index (χ2n) is 10.2. The van der Waals surface area contributed by atoms with Crippen LogP contribution < -0.4 is 15.2 Å². The highest BCUT2D eigenvalue weighted by atomic mass is 19.1. The zero-order valence-corrected chi connectivity index (χ0v) is 21.3. The summed E-state index contributed by atoms with van der Waals surface area (Å²) in [4.78, 5) is 24.5. The fourth-order valence-corrected chi connectivity index (χ4v) is 5.39. The maximum Gasteiger partial charge on any atom is 0.254 e. The van der Waals surface area contributed by atoms with Gasteiger partial charge in [0.25, 0.3) is 5.91 Å². The minimum atomic E-state index is -1.12. The van der Waals surface area contributed by atoms with E-state index in [0.29, 0.717) is 35.2 Å². The van der Waals surface area contributed by atoms with Crippen LogP contribution in [0.2, 0.25) is 0 Å². The van der Waals surface area contributed by atoms with Crippen molar-refractivity contribution in [2.75, 3.05) is 27.3 Å². The Labute approximate surface area is 214 Å². The highest BCUT2D eigenvalue weighted by Gasteiger charge is 2.30. The van der Waals surface area contributed by atoms with Crippen LogP contribution in [0, 0.1) is 5.92 Å². The van der Waals surface area contributed by atoms with Crippen molar-refractivity contribution in [1.82, 2.24) is 24.0 Å². The van der Waals surface area contributed by atoms with Crippen molar-refractivity contribution >= 4 is 28.0 Å². The fourth-order valence-electron chi connectivity index (χ4n) is 5.39. The SMILES string of the molecule is COc1ccc2cc(-c3nc4cc(C(=O)N5C[C@@H](N)C[C@H](F)C5)cc(OC)c4n3C)n(CC3CC3)c2n1. The summed E-state index contributed by atoms with van der Waals surface area (Å²) in [5.74, 6) is 2.19. The number of pyridine rings is 1. The van der Waals surface area contributed by atoms with E-state index < -0.39 is 6.17 Å². The van der Waals surface area contributed by atoms with Crippen LogP contribution in [0.1, 0.15) is 29.6 Å². The molecule has 1 saturated carbocycles. The number of fused-ring (bicyclic) bond motifs is 2. The standard InChI is InChI=1S/C27H31FN6O3/c1-32-24-20(8-17(10-22(24)36-2)27(35)33-13-18(28)11-19(29)14-33)30-26(32)21-9-16-6-7-23(37-3)31-25(16)34(21)12-15-4-5-15/h6-10,15,18-19H,4-5,11-14,29H2,1-3H3/t18-,19-/m0/s1. The van der Waals surface area contributed by atoms with Gasteiger partial charge < -0.3 is 29.2 Å². The van der Waals surface area contributed by atoms with E-state index >= 15 is 0 Å². The van der Waals surface area contributed by atoms with E-state index in [1.807, 2.05) is 23.7 Å². The first-order valence-corrected chi connectivity index (χ1v) is 12.6. The summed E-state index contributed by atoms with van der Waals surface area (Å²) in [5, 5.41) is 1.01. The Kier molecular flexibility index (Phi) is 5.78. The number of likely N-dealkylation sites (tertiary alicyclic amines) is 1. The van der Waals surface area contributed by atoms with E-state index in [-0.39, 0.29) is 24.9 Å². The summed E-state index contributed by atoms with van der Waals surface area (Å²) in [6.07, 6.45) is 1.54. The number of methoxy groups -OCH3 is 2. The number of amides is 1. The molecule has 9 nitrogen and oxygen atoms in total. The second kappa shape index (κ2) is 9.02. The molecule has 6 rings (SSSR count). The summed E-state index contributed by atoms with van der Waals surface area (Å²) >= 11 is 0. The third-order valence-corrected chi connectivity index (χ3v) is 7.41. The first kappa shape index (κ1) is 23.7. The Hall–Kier alpha value is -3.66. The van der Waals surface area contributed by atoms with Crippen LogP contribution in [0.3, 0.4) is 0 Å². The van der Waals surface area contributed by atoms with Crippen molar-refractivity contribution in [3.05, 3.63) is 35.9 Å². The van der Waals surface area contributed by atoms with E-state index in [4.69, 9.17) is 25.2 Å². The van der Waals surface area contributed by atoms with Crippen molar-refractivity contribution < 1.29 is 18.7 Å². The van der Waals surface area contributed by atoms with E-state index in [0.717, 1.165) is 34.6 Å². The average molecular weight is 507 g/mol. The maximum atomic E-state index is 14.1. The lowest BCUT2D eigenvalue weighted by Gasteiger charge is -2.33. The number of ether oxygens (including phenoxy) is 2. The predicted octanol–water partition coefficient (Wildman–Crippen LogP) is 3.53. The first-order valence-electron chi connectivity index (χ1n) is 12.6. The van der Waals surface area contributed by atoms with Crippen molar-refractivity contribution in [2.45, 2.75) is 38.0 Å². The summed E-state index contributed by atoms with van der Waals surface area (Å²) < 4.78 is 29.4. The molecule has 3 aromatic heterocycles. The van der Waals surface area contributed by atoms with E-state index in [1.165, 1.54) is 17.7 Å². The van der Waals surface area contributed by atoms with Crippen LogP contribution in [-0.4, -0.2) is 69.4 Å². The number of nitrogens with two attached hydrogens (primary N) is 1. The Balaban J connectivity index is 1.47. The molecule has 2 aliphatic rings. The molecule has 0 radical (unpaired) electrons. The number of alkyl halides is 1. The number of benzene rings is 1. The molecular formula is C27H31FN6O3. The average Bonchev–Trinajstić information content (AvgIpc) is 3.56. The smallest absolute Gasteiger partial charge is 0.254 e. The van der Waals surface area contributed by atoms with Crippen LogP contribution in [0.25, 0.3) is 33.6 Å². The molecule has 194 valence electrons. The van der Waals surface area contributed by atoms with Crippen LogP contribution in [0.5, 0.6) is 11.6 Å². The van der Waals surface area contributed by atoms with E-state index in [9.17, 15) is 9.18 Å². The molecule has 1 amide bonds. The van der Waals surface area contributed by atoms with Crippen molar-refractivity contribution in [3.8, 4) is 23.1 Å². The Bertz CT molecular complexity index is 1500. The minimum Gasteiger partial charge on any atom is -0.494 e. The maximum absolute atomic E-state index is 14.1. The molecule has 1 aromatic carbocycles. The Morgan fingerprint density at radius 1 is 1.14 bits per heavy atom. The molecule has 2 fully saturated rings. The van der Waals surface area contributed by atoms with Gasteiger partial charge in [0, 0.05) is 43.2 Å². The van der Waals surface area contributed by atoms with Gasteiger partial charge in [0.05, 0.1) is 32.0 Å². The molecule has 0 unspecified atom stereocenters. The first-order chi connectivity index (χ1) is 17.9. The Morgan fingerprint density at radius 2 is 1.95 bits per heavy atom. The van der Waals surface area contributed by atoms with Gasteiger partial charge in [-0.3, -0.25) is 4.79 Å². The minimum absolute atomic E-state index is 0.0398. The lowest BCUT2D eigenvalue weighted by molar-refractivity contribution is 0.0606. The van der Waals surface area contributed by atoms with Crippen LogP contribution >= 0.6 is 0 Å². The number of aromatic nitrogens is 4. The highest BCUT2D eigenvalue weighted by Crippen LogP contribution is 2.38. The number of halogens is 1. The van der Waals surface area contributed by atoms with Gasteiger partial charge in [0.2, 0.25) is 5.88 Å². The van der Waals surface area contributed by atoms with Gasteiger partial charge >= 0.3 is 0 Å². The number of imidazole rings is 1. The molecule has 10 heteroatoms. The van der Waals surface area contributed by atoms with Crippen LogP contribution in [0.4, 0.5) is 4.39 Å². The molecule has 2 N–H and O–H groups in total. The molecular weight excluding hydrogens is 475 g/mol. The topological polar surface area (TPSA) is 100 Å². The predicted molar refractivity (Wildman–Crippen MR) is 139 cm³/mol. The van der Waals surface area contributed by atoms with Gasteiger partial charge in [0.15, 0.2) is 5.82 Å². The molecule has 2 atom stereocenters. The van der Waals surface area contributed by atoms with Crippen molar-refractivity contribution in [1.29, 1.82) is 0 Å². The summed E-state index contributed by atoms with van der Waals surface area (Å²) in [6, 6.07) is 9.05. The molecule has 0 spiro atoms. The zero-order valence-electron chi connectivity index (χ0n) is 21.3. The molecule has 1 saturated heterocycles. The van der Waals surface area contributed by atoms with Gasteiger partial charge in [-0.15, -0.1) is 0 Å². The summed E-state index contributed by atoms with van der Waals surface area (Å²) in [6.45, 7) is 1.21. The molecule has 1 aliphatic carbocycles. The second-order valence-corrected chi connectivity index (χ2v) is 10.2. The van der Waals surface area contributed by atoms with Gasteiger partial charge in [-0.1, -0.05) is 0 Å². The molecule has 4 aromatic rings. The fraction of sp³-hybridized carbons (Fsp3) is 0.444.